The number of ether oxygens (including phenoxy) is 1. The van der Waals surface area contributed by atoms with Gasteiger partial charge in [0, 0.05) is 37.7 Å². The Morgan fingerprint density at radius 3 is 2.77 bits per heavy atom. The third-order valence-electron chi connectivity index (χ3n) is 4.26. The van der Waals surface area contributed by atoms with E-state index in [9.17, 15) is 14.7 Å². The molecule has 6 nitrogen and oxygen atoms in total. The van der Waals surface area contributed by atoms with Gasteiger partial charge in [0.1, 0.15) is 0 Å². The Bertz CT molecular complexity index is 668. The first-order chi connectivity index (χ1) is 10.6. The molecule has 1 saturated heterocycles. The van der Waals surface area contributed by atoms with Crippen molar-refractivity contribution in [3.8, 4) is 0 Å². The first-order valence-electron chi connectivity index (χ1n) is 7.27. The number of nitrogens with zero attached hydrogens (tertiary/aromatic N) is 1. The van der Waals surface area contributed by atoms with E-state index in [0.29, 0.717) is 31.6 Å². The number of rotatable bonds is 4. The molecule has 116 valence electrons. The van der Waals surface area contributed by atoms with E-state index in [-0.39, 0.29) is 12.5 Å². The number of carboxylic acids is 1. The molecule has 0 atom stereocenters. The summed E-state index contributed by atoms with van der Waals surface area (Å²) < 4.78 is 7.08. The molecule has 1 amide bonds. The van der Waals surface area contributed by atoms with Gasteiger partial charge in [-0.3, -0.25) is 9.59 Å². The molecule has 22 heavy (non-hydrogen) atoms. The topological polar surface area (TPSA) is 80.0 Å². The van der Waals surface area contributed by atoms with Gasteiger partial charge in [0.2, 0.25) is 0 Å². The maximum Gasteiger partial charge on any atom is 0.311 e. The van der Waals surface area contributed by atoms with Gasteiger partial charge in [0.05, 0.1) is 11.0 Å². The summed E-state index contributed by atoms with van der Waals surface area (Å²) in [5.74, 6) is -1.13. The highest BCUT2D eigenvalue weighted by molar-refractivity contribution is 5.96. The summed E-state index contributed by atoms with van der Waals surface area (Å²) in [6, 6.07) is 7.48. The lowest BCUT2D eigenvalue weighted by molar-refractivity contribution is -0.154. The molecule has 2 aromatic heterocycles. The smallest absolute Gasteiger partial charge is 0.311 e. The molecular formula is C16H18N2O4. The molecule has 3 heterocycles. The first kappa shape index (κ1) is 14.6. The van der Waals surface area contributed by atoms with Crippen molar-refractivity contribution >= 4 is 17.4 Å². The number of carbonyl (C=O) groups excluding carboxylic acids is 1. The van der Waals surface area contributed by atoms with Crippen molar-refractivity contribution in [3.05, 3.63) is 42.2 Å². The highest BCUT2D eigenvalue weighted by atomic mass is 16.5. The van der Waals surface area contributed by atoms with Crippen LogP contribution in [0.4, 0.5) is 0 Å². The van der Waals surface area contributed by atoms with Crippen LogP contribution in [0.3, 0.4) is 0 Å². The minimum Gasteiger partial charge on any atom is -0.481 e. The Labute approximate surface area is 127 Å². The minimum atomic E-state index is -0.924. The number of pyridine rings is 1. The third-order valence-corrected chi connectivity index (χ3v) is 4.26. The van der Waals surface area contributed by atoms with Crippen LogP contribution in [0.1, 0.15) is 23.2 Å². The van der Waals surface area contributed by atoms with Gasteiger partial charge in [-0.25, -0.2) is 0 Å². The number of aromatic nitrogens is 1. The van der Waals surface area contributed by atoms with Gasteiger partial charge in [-0.2, -0.15) is 0 Å². The summed E-state index contributed by atoms with van der Waals surface area (Å²) in [6.07, 6.45) is 4.44. The summed E-state index contributed by atoms with van der Waals surface area (Å²) in [5, 5.41) is 12.2. The van der Waals surface area contributed by atoms with Crippen LogP contribution in [0, 0.1) is 5.41 Å². The fraction of sp³-hybridized carbons (Fsp3) is 0.375. The second-order valence-corrected chi connectivity index (χ2v) is 5.64. The minimum absolute atomic E-state index is 0.122. The summed E-state index contributed by atoms with van der Waals surface area (Å²) in [7, 11) is 0. The Hall–Kier alpha value is -2.34. The number of aliphatic carboxylic acids is 1. The van der Waals surface area contributed by atoms with Crippen molar-refractivity contribution in [2.45, 2.75) is 12.8 Å². The van der Waals surface area contributed by atoms with E-state index in [4.69, 9.17) is 4.74 Å². The number of fused-ring (bicyclic) bond motifs is 1. The van der Waals surface area contributed by atoms with Gasteiger partial charge < -0.3 is 19.6 Å². The molecule has 0 aromatic carbocycles. The second-order valence-electron chi connectivity index (χ2n) is 5.64. The zero-order valence-electron chi connectivity index (χ0n) is 12.1. The van der Waals surface area contributed by atoms with Crippen molar-refractivity contribution in [2.24, 2.45) is 5.41 Å². The molecule has 1 aliphatic rings. The number of carbonyl (C=O) groups is 2. The highest BCUT2D eigenvalue weighted by Gasteiger charge is 2.40. The predicted octanol–water partition coefficient (Wildman–Crippen LogP) is 1.55. The van der Waals surface area contributed by atoms with Crippen molar-refractivity contribution in [2.75, 3.05) is 19.8 Å². The van der Waals surface area contributed by atoms with E-state index in [0.717, 1.165) is 5.52 Å². The largest absolute Gasteiger partial charge is 0.481 e. The van der Waals surface area contributed by atoms with E-state index in [2.05, 4.69) is 5.32 Å². The molecule has 2 aromatic rings. The van der Waals surface area contributed by atoms with Crippen LogP contribution in [0.2, 0.25) is 0 Å². The number of hydrogen-bond acceptors (Lipinski definition) is 3. The van der Waals surface area contributed by atoms with Crippen molar-refractivity contribution in [3.63, 3.8) is 0 Å². The molecule has 6 heteroatoms. The Morgan fingerprint density at radius 2 is 2.09 bits per heavy atom. The van der Waals surface area contributed by atoms with E-state index >= 15 is 0 Å². The molecule has 0 radical (unpaired) electrons. The lowest BCUT2D eigenvalue weighted by atomic mass is 9.80. The molecule has 1 aliphatic heterocycles. The van der Waals surface area contributed by atoms with E-state index in [1.165, 1.54) is 0 Å². The molecular weight excluding hydrogens is 284 g/mol. The average molecular weight is 302 g/mol. The van der Waals surface area contributed by atoms with Crippen LogP contribution in [-0.4, -0.2) is 41.1 Å². The quantitative estimate of drug-likeness (QED) is 0.898. The Kier molecular flexibility index (Phi) is 3.85. The maximum atomic E-state index is 12.3. The molecule has 0 bridgehead atoms. The lowest BCUT2D eigenvalue weighted by Crippen LogP contribution is -2.46. The van der Waals surface area contributed by atoms with Gasteiger partial charge >= 0.3 is 5.97 Å². The summed E-state index contributed by atoms with van der Waals surface area (Å²) in [6.45, 7) is 0.952. The van der Waals surface area contributed by atoms with Crippen molar-refractivity contribution in [1.29, 1.82) is 0 Å². The Morgan fingerprint density at radius 1 is 1.32 bits per heavy atom. The molecule has 3 rings (SSSR count). The SMILES string of the molecule is O=C(NCC1(C(=O)O)CCOCC1)c1cc2ccccn2c1. The molecule has 0 saturated carbocycles. The molecule has 2 N–H and O–H groups in total. The van der Waals surface area contributed by atoms with Gasteiger partial charge in [-0.15, -0.1) is 0 Å². The monoisotopic (exact) mass is 302 g/mol. The first-order valence-corrected chi connectivity index (χ1v) is 7.27. The number of hydrogen-bond donors (Lipinski definition) is 2. The highest BCUT2D eigenvalue weighted by Crippen LogP contribution is 2.30. The van der Waals surface area contributed by atoms with Crippen molar-refractivity contribution in [1.82, 2.24) is 9.72 Å². The zero-order valence-corrected chi connectivity index (χ0v) is 12.1. The van der Waals surface area contributed by atoms with Gasteiger partial charge in [0.25, 0.3) is 5.91 Å². The second kappa shape index (κ2) is 5.81. The van der Waals surface area contributed by atoms with Crippen LogP contribution in [-0.2, 0) is 9.53 Å². The maximum absolute atomic E-state index is 12.3. The van der Waals surface area contributed by atoms with Crippen LogP contribution in [0.5, 0.6) is 0 Å². The van der Waals surface area contributed by atoms with E-state index < -0.39 is 11.4 Å². The van der Waals surface area contributed by atoms with Crippen molar-refractivity contribution < 1.29 is 19.4 Å². The van der Waals surface area contributed by atoms with Crippen LogP contribution < -0.4 is 5.32 Å². The van der Waals surface area contributed by atoms with Gasteiger partial charge in [-0.1, -0.05) is 6.07 Å². The van der Waals surface area contributed by atoms with E-state index in [1.807, 2.05) is 28.8 Å². The molecule has 0 spiro atoms. The van der Waals surface area contributed by atoms with Crippen LogP contribution >= 0.6 is 0 Å². The predicted molar refractivity (Wildman–Crippen MR) is 79.9 cm³/mol. The average Bonchev–Trinajstić information content (AvgIpc) is 2.97. The third kappa shape index (κ3) is 2.69. The number of carboxylic acid groups (broad SMARTS) is 1. The van der Waals surface area contributed by atoms with Crippen LogP contribution in [0.15, 0.2) is 36.7 Å². The summed E-state index contributed by atoms with van der Waals surface area (Å²) in [4.78, 5) is 23.8. The molecule has 0 aliphatic carbocycles. The fourth-order valence-corrected chi connectivity index (χ4v) is 2.76. The van der Waals surface area contributed by atoms with Gasteiger partial charge in [0.15, 0.2) is 0 Å². The van der Waals surface area contributed by atoms with Gasteiger partial charge in [-0.05, 0) is 31.0 Å². The normalized spacial score (nSPS) is 17.3. The zero-order chi connectivity index (χ0) is 15.6. The standard InChI is InChI=1S/C16H18N2O4/c19-14(12-9-13-3-1-2-6-18(13)10-12)17-11-16(15(20)21)4-7-22-8-5-16/h1-3,6,9-10H,4-5,7-8,11H2,(H,17,19)(H,20,21). The molecule has 1 fully saturated rings. The van der Waals surface area contributed by atoms with Crippen LogP contribution in [0.25, 0.3) is 5.52 Å². The number of nitrogens with one attached hydrogen (secondary N) is 1. The van der Waals surface area contributed by atoms with E-state index in [1.54, 1.807) is 12.3 Å². The summed E-state index contributed by atoms with van der Waals surface area (Å²) in [5.41, 5.74) is 0.526. The lowest BCUT2D eigenvalue weighted by Gasteiger charge is -2.33. The fourth-order valence-electron chi connectivity index (χ4n) is 2.76. The Balaban J connectivity index is 1.72. The molecule has 0 unspecified atom stereocenters. The summed E-state index contributed by atoms with van der Waals surface area (Å²) >= 11 is 0. The number of amides is 1.